The zero-order valence-electron chi connectivity index (χ0n) is 12.2. The lowest BCUT2D eigenvalue weighted by molar-refractivity contribution is 0.477. The molecule has 1 heterocycles. The monoisotopic (exact) mass is 291 g/mol. The molecule has 0 amide bonds. The van der Waals surface area contributed by atoms with Crippen molar-refractivity contribution in [2.24, 2.45) is 0 Å². The third kappa shape index (κ3) is 2.10. The van der Waals surface area contributed by atoms with Crippen LogP contribution < -0.4 is 5.73 Å². The van der Waals surface area contributed by atoms with Gasteiger partial charge in [-0.2, -0.15) is 0 Å². The minimum Gasteiger partial charge on any atom is -0.507 e. The molecule has 0 aliphatic heterocycles. The zero-order chi connectivity index (χ0) is 15.3. The lowest BCUT2D eigenvalue weighted by Gasteiger charge is -2.15. The van der Waals surface area contributed by atoms with E-state index in [2.05, 4.69) is 16.1 Å². The smallest absolute Gasteiger partial charge is 0.149 e. The quantitative estimate of drug-likeness (QED) is 0.852. The van der Waals surface area contributed by atoms with Crippen molar-refractivity contribution in [3.05, 3.63) is 34.9 Å². The van der Waals surface area contributed by atoms with Gasteiger partial charge >= 0.3 is 0 Å². The van der Waals surface area contributed by atoms with Gasteiger partial charge in [-0.25, -0.2) is 0 Å². The Morgan fingerprint density at radius 1 is 1.09 bits per heavy atom. The van der Waals surface area contributed by atoms with E-state index in [4.69, 9.17) is 12.2 Å². The number of hydrogen-bond acceptors (Lipinski definition) is 4. The number of rotatable bonds is 3. The molecule has 0 bridgehead atoms. The summed E-state index contributed by atoms with van der Waals surface area (Å²) in [4.78, 5) is 0. The van der Waals surface area contributed by atoms with E-state index in [0.29, 0.717) is 28.8 Å². The lowest BCUT2D eigenvalue weighted by atomic mass is 9.94. The molecule has 110 valence electrons. The van der Waals surface area contributed by atoms with E-state index < -0.39 is 0 Å². The van der Waals surface area contributed by atoms with Gasteiger partial charge in [0.15, 0.2) is 0 Å². The van der Waals surface area contributed by atoms with Crippen LogP contribution in [0.3, 0.4) is 0 Å². The van der Waals surface area contributed by atoms with Gasteiger partial charge in [-0.05, 0) is 61.3 Å². The van der Waals surface area contributed by atoms with E-state index in [0.717, 1.165) is 36.9 Å². The molecule has 0 radical (unpaired) electrons. The third-order valence-corrected chi connectivity index (χ3v) is 4.47. The number of nitrogens with zero attached hydrogens (tertiary/aromatic N) is 2. The number of anilines is 1. The second-order valence-electron chi connectivity index (χ2n) is 6.19. The highest BCUT2D eigenvalue weighted by Crippen LogP contribution is 2.53. The van der Waals surface area contributed by atoms with Crippen LogP contribution in [-0.2, 0) is 0 Å². The van der Waals surface area contributed by atoms with Crippen LogP contribution in [0, 0.1) is 12.3 Å². The normalized spacial score (nSPS) is 17.2. The Balaban J connectivity index is 1.92. The van der Waals surface area contributed by atoms with Crippen LogP contribution in [0.2, 0.25) is 0 Å². The Labute approximate surface area is 129 Å². The summed E-state index contributed by atoms with van der Waals surface area (Å²) in [6, 6.07) is 5.24. The summed E-state index contributed by atoms with van der Waals surface area (Å²) in [5.74, 6) is 4.24. The number of benzene rings is 1. The molecule has 4 heteroatoms. The van der Waals surface area contributed by atoms with E-state index in [9.17, 15) is 5.11 Å². The molecule has 22 heavy (non-hydrogen) atoms. The number of aromatic nitrogens is 2. The highest BCUT2D eigenvalue weighted by Gasteiger charge is 2.37. The molecular weight excluding hydrogens is 274 g/mol. The number of nitrogen functional groups attached to an aromatic ring is 1. The van der Waals surface area contributed by atoms with Gasteiger partial charge in [-0.1, -0.05) is 5.92 Å². The first-order valence-electron chi connectivity index (χ1n) is 7.65. The maximum absolute atomic E-state index is 10.3. The van der Waals surface area contributed by atoms with Crippen molar-refractivity contribution >= 4 is 5.82 Å². The van der Waals surface area contributed by atoms with Crippen molar-refractivity contribution in [1.82, 2.24) is 10.2 Å². The molecule has 3 N–H and O–H groups in total. The molecule has 4 nitrogen and oxygen atoms in total. The molecule has 0 spiro atoms. The first-order chi connectivity index (χ1) is 10.7. The highest BCUT2D eigenvalue weighted by atomic mass is 16.3. The van der Waals surface area contributed by atoms with Gasteiger partial charge in [-0.3, -0.25) is 0 Å². The summed E-state index contributed by atoms with van der Waals surface area (Å²) in [6.07, 6.45) is 10.0. The van der Waals surface area contributed by atoms with Crippen LogP contribution >= 0.6 is 0 Å². The Bertz CT molecular complexity index is 799. The molecule has 2 aliphatic rings. The topological polar surface area (TPSA) is 72.0 Å². The Morgan fingerprint density at radius 2 is 1.77 bits per heavy atom. The van der Waals surface area contributed by atoms with Crippen LogP contribution in [0.15, 0.2) is 18.2 Å². The maximum Gasteiger partial charge on any atom is 0.149 e. The summed E-state index contributed by atoms with van der Waals surface area (Å²) in [6.45, 7) is 0. The molecule has 0 saturated heterocycles. The van der Waals surface area contributed by atoms with Crippen molar-refractivity contribution in [2.75, 3.05) is 5.73 Å². The Hall–Kier alpha value is -2.54. The Morgan fingerprint density at radius 3 is 2.36 bits per heavy atom. The second-order valence-corrected chi connectivity index (χ2v) is 6.19. The molecule has 1 aromatic heterocycles. The third-order valence-electron chi connectivity index (χ3n) is 4.47. The summed E-state index contributed by atoms with van der Waals surface area (Å²) in [5.41, 5.74) is 10.6. The fourth-order valence-corrected chi connectivity index (χ4v) is 3.08. The van der Waals surface area contributed by atoms with E-state index in [1.54, 1.807) is 6.07 Å². The number of hydrogen-bond donors (Lipinski definition) is 2. The van der Waals surface area contributed by atoms with Gasteiger partial charge < -0.3 is 10.8 Å². The largest absolute Gasteiger partial charge is 0.507 e. The van der Waals surface area contributed by atoms with Crippen LogP contribution in [0.4, 0.5) is 5.82 Å². The van der Waals surface area contributed by atoms with E-state index in [-0.39, 0.29) is 5.75 Å². The number of phenolic OH excluding ortho intramolecular Hbond substituents is 1. The molecule has 2 aliphatic carbocycles. The van der Waals surface area contributed by atoms with Crippen LogP contribution in [0.5, 0.6) is 5.75 Å². The molecule has 0 unspecified atom stereocenters. The molecular formula is C18H17N3O. The predicted octanol–water partition coefficient (Wildman–Crippen LogP) is 3.17. The fraction of sp³-hybridized carbons (Fsp3) is 0.333. The Kier molecular flexibility index (Phi) is 2.83. The minimum atomic E-state index is 0.151. The van der Waals surface area contributed by atoms with Gasteiger partial charge in [-0.15, -0.1) is 16.6 Å². The van der Waals surface area contributed by atoms with Gasteiger partial charge in [0.25, 0.3) is 0 Å². The SMILES string of the molecule is C#Cc1ccc(-c2nnc(N)c(C3CC3)c2C2CC2)c(O)c1. The minimum absolute atomic E-state index is 0.151. The van der Waals surface area contributed by atoms with E-state index in [1.807, 2.05) is 12.1 Å². The van der Waals surface area contributed by atoms with Crippen molar-refractivity contribution in [3.63, 3.8) is 0 Å². The average molecular weight is 291 g/mol. The average Bonchev–Trinajstić information content (AvgIpc) is 3.39. The predicted molar refractivity (Wildman–Crippen MR) is 85.4 cm³/mol. The van der Waals surface area contributed by atoms with Crippen molar-refractivity contribution in [3.8, 4) is 29.4 Å². The molecule has 1 aromatic carbocycles. The van der Waals surface area contributed by atoms with Gasteiger partial charge in [0, 0.05) is 16.7 Å². The highest BCUT2D eigenvalue weighted by molar-refractivity contribution is 5.74. The van der Waals surface area contributed by atoms with Gasteiger partial charge in [0.2, 0.25) is 0 Å². The van der Waals surface area contributed by atoms with E-state index >= 15 is 0 Å². The molecule has 0 atom stereocenters. The fourth-order valence-electron chi connectivity index (χ4n) is 3.08. The number of phenols is 1. The van der Waals surface area contributed by atoms with Crippen LogP contribution in [0.1, 0.15) is 54.2 Å². The van der Waals surface area contributed by atoms with Crippen LogP contribution in [0.25, 0.3) is 11.3 Å². The van der Waals surface area contributed by atoms with Crippen molar-refractivity contribution in [1.29, 1.82) is 0 Å². The van der Waals surface area contributed by atoms with Gasteiger partial charge in [0.1, 0.15) is 17.3 Å². The number of aromatic hydroxyl groups is 1. The van der Waals surface area contributed by atoms with Crippen LogP contribution in [-0.4, -0.2) is 15.3 Å². The summed E-state index contributed by atoms with van der Waals surface area (Å²) in [5, 5.41) is 18.8. The van der Waals surface area contributed by atoms with Gasteiger partial charge in [0.05, 0.1) is 0 Å². The summed E-state index contributed by atoms with van der Waals surface area (Å²) >= 11 is 0. The standard InChI is InChI=1S/C18H17N3O/c1-2-10-3-8-13(14(22)9-10)17-15(11-4-5-11)16(12-6-7-12)18(19)21-20-17/h1,3,8-9,11-12,22H,4-7H2,(H2,19,21). The first-order valence-corrected chi connectivity index (χ1v) is 7.65. The zero-order valence-corrected chi connectivity index (χ0v) is 12.2. The lowest BCUT2D eigenvalue weighted by Crippen LogP contribution is -2.06. The number of terminal acetylenes is 1. The first kappa shape index (κ1) is 13.1. The summed E-state index contributed by atoms with van der Waals surface area (Å²) in [7, 11) is 0. The molecule has 2 fully saturated rings. The summed E-state index contributed by atoms with van der Waals surface area (Å²) < 4.78 is 0. The number of nitrogens with two attached hydrogens (primary N) is 1. The maximum atomic E-state index is 10.3. The molecule has 4 rings (SSSR count). The molecule has 2 aromatic rings. The van der Waals surface area contributed by atoms with Crippen molar-refractivity contribution in [2.45, 2.75) is 37.5 Å². The second kappa shape index (κ2) is 4.74. The molecule has 2 saturated carbocycles. The van der Waals surface area contributed by atoms with E-state index in [1.165, 1.54) is 5.56 Å². The van der Waals surface area contributed by atoms with Crippen molar-refractivity contribution < 1.29 is 5.11 Å².